The first-order valence-corrected chi connectivity index (χ1v) is 7.48. The molecule has 4 heteroatoms. The van der Waals surface area contributed by atoms with E-state index in [1.807, 2.05) is 6.92 Å². The van der Waals surface area contributed by atoms with Gasteiger partial charge in [-0.3, -0.25) is 15.0 Å². The first kappa shape index (κ1) is 13.8. The average molecular weight is 253 g/mol. The summed E-state index contributed by atoms with van der Waals surface area (Å²) >= 11 is 0. The Morgan fingerprint density at radius 1 is 1.39 bits per heavy atom. The van der Waals surface area contributed by atoms with Crippen LogP contribution in [-0.4, -0.2) is 53.6 Å². The molecule has 4 nitrogen and oxygen atoms in total. The molecule has 2 rings (SSSR count). The van der Waals surface area contributed by atoms with Gasteiger partial charge in [-0.05, 0) is 32.7 Å². The lowest BCUT2D eigenvalue weighted by molar-refractivity contribution is -0.130. The zero-order valence-electron chi connectivity index (χ0n) is 12.0. The Labute approximate surface area is 111 Å². The fourth-order valence-corrected chi connectivity index (χ4v) is 2.91. The highest BCUT2D eigenvalue weighted by Gasteiger charge is 2.36. The molecule has 1 saturated heterocycles. The molecule has 0 aromatic heterocycles. The molecule has 1 N–H and O–H groups in total. The van der Waals surface area contributed by atoms with Crippen molar-refractivity contribution in [3.8, 4) is 0 Å². The van der Waals surface area contributed by atoms with Crippen LogP contribution in [0.4, 0.5) is 0 Å². The Morgan fingerprint density at radius 2 is 2.11 bits per heavy atom. The minimum Gasteiger partial charge on any atom is -0.325 e. The van der Waals surface area contributed by atoms with Crippen LogP contribution in [0, 0.1) is 0 Å². The van der Waals surface area contributed by atoms with E-state index >= 15 is 0 Å². The number of carbonyl (C=O) groups excluding carboxylic acids is 1. The van der Waals surface area contributed by atoms with Crippen molar-refractivity contribution in [1.29, 1.82) is 0 Å². The molecule has 2 aliphatic rings. The van der Waals surface area contributed by atoms with E-state index in [1.54, 1.807) is 0 Å². The van der Waals surface area contributed by atoms with E-state index in [0.29, 0.717) is 0 Å². The predicted octanol–water partition coefficient (Wildman–Crippen LogP) is 1.42. The van der Waals surface area contributed by atoms with Gasteiger partial charge in [0.1, 0.15) is 0 Å². The normalized spacial score (nSPS) is 28.4. The molecule has 1 saturated carbocycles. The highest BCUT2D eigenvalue weighted by molar-refractivity contribution is 5.83. The molecule has 1 aliphatic carbocycles. The number of likely N-dealkylation sites (N-methyl/N-ethyl adjacent to an activating group) is 1. The van der Waals surface area contributed by atoms with E-state index in [-0.39, 0.29) is 18.1 Å². The molecule has 0 spiro atoms. The molecule has 2 unspecified atom stereocenters. The Bertz CT molecular complexity index is 291. The molecule has 1 aliphatic heterocycles. The molecule has 0 radical (unpaired) electrons. The van der Waals surface area contributed by atoms with Crippen LogP contribution in [0.5, 0.6) is 0 Å². The molecule has 2 atom stereocenters. The van der Waals surface area contributed by atoms with Gasteiger partial charge < -0.3 is 4.90 Å². The summed E-state index contributed by atoms with van der Waals surface area (Å²) < 4.78 is 0. The number of amides is 1. The number of hydrogen-bond acceptors (Lipinski definition) is 3. The SMILES string of the molecule is CCCC1NC(C)C(=O)N1CCN(CC)C1CC1. The van der Waals surface area contributed by atoms with Gasteiger partial charge in [-0.1, -0.05) is 20.3 Å². The monoisotopic (exact) mass is 253 g/mol. The summed E-state index contributed by atoms with van der Waals surface area (Å²) in [7, 11) is 0. The average Bonchev–Trinajstić information content (AvgIpc) is 3.14. The van der Waals surface area contributed by atoms with Gasteiger partial charge in [-0.25, -0.2) is 0 Å². The second-order valence-corrected chi connectivity index (χ2v) is 5.58. The van der Waals surface area contributed by atoms with Crippen molar-refractivity contribution in [2.24, 2.45) is 0 Å². The lowest BCUT2D eigenvalue weighted by Gasteiger charge is -2.28. The number of hydrogen-bond donors (Lipinski definition) is 1. The molecular weight excluding hydrogens is 226 g/mol. The van der Waals surface area contributed by atoms with E-state index in [1.165, 1.54) is 12.8 Å². The maximum absolute atomic E-state index is 12.1. The summed E-state index contributed by atoms with van der Waals surface area (Å²) in [5.41, 5.74) is 0. The number of carbonyl (C=O) groups is 1. The molecule has 1 amide bonds. The van der Waals surface area contributed by atoms with Crippen LogP contribution in [-0.2, 0) is 4.79 Å². The third-order valence-electron chi connectivity index (χ3n) is 4.13. The molecule has 104 valence electrons. The van der Waals surface area contributed by atoms with Crippen molar-refractivity contribution in [2.75, 3.05) is 19.6 Å². The second-order valence-electron chi connectivity index (χ2n) is 5.58. The van der Waals surface area contributed by atoms with E-state index < -0.39 is 0 Å². The summed E-state index contributed by atoms with van der Waals surface area (Å²) in [6.07, 6.45) is 5.12. The van der Waals surface area contributed by atoms with Crippen LogP contribution in [0.15, 0.2) is 0 Å². The first-order chi connectivity index (χ1) is 8.67. The fourth-order valence-electron chi connectivity index (χ4n) is 2.91. The zero-order chi connectivity index (χ0) is 13.1. The summed E-state index contributed by atoms with van der Waals surface area (Å²) in [5, 5.41) is 3.40. The molecule has 2 fully saturated rings. The second kappa shape index (κ2) is 6.02. The summed E-state index contributed by atoms with van der Waals surface area (Å²) in [5.74, 6) is 0.278. The quantitative estimate of drug-likeness (QED) is 0.745. The van der Waals surface area contributed by atoms with Crippen LogP contribution in [0.2, 0.25) is 0 Å². The minimum absolute atomic E-state index is 0.00227. The Balaban J connectivity index is 1.86. The summed E-state index contributed by atoms with van der Waals surface area (Å²) in [4.78, 5) is 16.7. The molecular formula is C14H27N3O. The maximum atomic E-state index is 12.1. The van der Waals surface area contributed by atoms with Crippen LogP contribution in [0.1, 0.15) is 46.5 Å². The smallest absolute Gasteiger partial charge is 0.240 e. The van der Waals surface area contributed by atoms with Crippen LogP contribution < -0.4 is 5.32 Å². The number of rotatable bonds is 7. The van der Waals surface area contributed by atoms with Crippen molar-refractivity contribution in [3.05, 3.63) is 0 Å². The number of nitrogens with zero attached hydrogens (tertiary/aromatic N) is 2. The van der Waals surface area contributed by atoms with Gasteiger partial charge in [0, 0.05) is 19.1 Å². The van der Waals surface area contributed by atoms with E-state index in [9.17, 15) is 4.79 Å². The molecule has 0 bridgehead atoms. The highest BCUT2D eigenvalue weighted by atomic mass is 16.2. The third kappa shape index (κ3) is 3.04. The standard InChI is InChI=1S/C14H27N3O/c1-4-6-13-15-11(3)14(18)17(13)10-9-16(5-2)12-7-8-12/h11-13,15H,4-10H2,1-3H3. The van der Waals surface area contributed by atoms with Crippen LogP contribution >= 0.6 is 0 Å². The maximum Gasteiger partial charge on any atom is 0.240 e. The Hall–Kier alpha value is -0.610. The minimum atomic E-state index is -0.00227. The van der Waals surface area contributed by atoms with Crippen molar-refractivity contribution >= 4 is 5.91 Å². The predicted molar refractivity (Wildman–Crippen MR) is 73.3 cm³/mol. The van der Waals surface area contributed by atoms with Gasteiger partial charge in [0.2, 0.25) is 5.91 Å². The van der Waals surface area contributed by atoms with Crippen molar-refractivity contribution in [1.82, 2.24) is 15.1 Å². The van der Waals surface area contributed by atoms with Crippen LogP contribution in [0.3, 0.4) is 0 Å². The number of nitrogens with one attached hydrogen (secondary N) is 1. The Morgan fingerprint density at radius 3 is 2.67 bits per heavy atom. The van der Waals surface area contributed by atoms with Gasteiger partial charge in [0.15, 0.2) is 0 Å². The molecule has 1 heterocycles. The topological polar surface area (TPSA) is 35.6 Å². The van der Waals surface area contributed by atoms with E-state index in [4.69, 9.17) is 0 Å². The van der Waals surface area contributed by atoms with Gasteiger partial charge >= 0.3 is 0 Å². The summed E-state index contributed by atoms with van der Waals surface area (Å²) in [6, 6.07) is 0.792. The van der Waals surface area contributed by atoms with Crippen molar-refractivity contribution in [2.45, 2.75) is 64.7 Å². The van der Waals surface area contributed by atoms with E-state index in [0.717, 1.165) is 38.5 Å². The molecule has 0 aromatic rings. The first-order valence-electron chi connectivity index (χ1n) is 7.48. The van der Waals surface area contributed by atoms with E-state index in [2.05, 4.69) is 29.0 Å². The van der Waals surface area contributed by atoms with Crippen LogP contribution in [0.25, 0.3) is 0 Å². The molecule has 0 aromatic carbocycles. The van der Waals surface area contributed by atoms with Crippen molar-refractivity contribution < 1.29 is 4.79 Å². The zero-order valence-corrected chi connectivity index (χ0v) is 12.0. The van der Waals surface area contributed by atoms with Crippen molar-refractivity contribution in [3.63, 3.8) is 0 Å². The lowest BCUT2D eigenvalue weighted by atomic mass is 10.2. The molecule has 18 heavy (non-hydrogen) atoms. The van der Waals surface area contributed by atoms with Gasteiger partial charge in [-0.15, -0.1) is 0 Å². The summed E-state index contributed by atoms with van der Waals surface area (Å²) in [6.45, 7) is 9.38. The largest absolute Gasteiger partial charge is 0.325 e. The van der Waals surface area contributed by atoms with Gasteiger partial charge in [-0.2, -0.15) is 0 Å². The van der Waals surface area contributed by atoms with Gasteiger partial charge in [0.25, 0.3) is 0 Å². The highest BCUT2D eigenvalue weighted by Crippen LogP contribution is 2.26. The Kier molecular flexibility index (Phi) is 4.62. The fraction of sp³-hybridized carbons (Fsp3) is 0.929. The van der Waals surface area contributed by atoms with Gasteiger partial charge in [0.05, 0.1) is 12.2 Å². The lowest BCUT2D eigenvalue weighted by Crippen LogP contribution is -2.42. The third-order valence-corrected chi connectivity index (χ3v) is 4.13.